The van der Waals surface area contributed by atoms with Crippen LogP contribution in [0, 0.1) is 5.92 Å². The summed E-state index contributed by atoms with van der Waals surface area (Å²) in [4.78, 5) is 1.28. The zero-order valence-corrected chi connectivity index (χ0v) is 13.6. The van der Waals surface area contributed by atoms with Crippen molar-refractivity contribution in [2.75, 3.05) is 32.9 Å². The Morgan fingerprint density at radius 3 is 1.95 bits per heavy atom. The van der Waals surface area contributed by atoms with Crippen molar-refractivity contribution < 1.29 is 38.5 Å². The second-order valence-corrected chi connectivity index (χ2v) is 7.23. The largest absolute Gasteiger partial charge is 0.746 e. The molecular weight excluding hydrogens is 318 g/mol. The first-order chi connectivity index (χ1) is 10.0. The molecule has 0 spiro atoms. The summed E-state index contributed by atoms with van der Waals surface area (Å²) in [5.41, 5.74) is -3.74. The maximum atomic E-state index is 10.7. The summed E-state index contributed by atoms with van der Waals surface area (Å²) in [5, 5.41) is 47.4. The highest BCUT2D eigenvalue weighted by Crippen LogP contribution is 2.24. The van der Waals surface area contributed by atoms with Gasteiger partial charge in [-0.3, -0.25) is 4.90 Å². The molecule has 0 radical (unpaired) electrons. The van der Waals surface area contributed by atoms with Gasteiger partial charge in [-0.15, -0.1) is 0 Å². The van der Waals surface area contributed by atoms with Gasteiger partial charge in [-0.2, -0.15) is 0 Å². The van der Waals surface area contributed by atoms with Crippen LogP contribution in [0.15, 0.2) is 0 Å². The van der Waals surface area contributed by atoms with Crippen molar-refractivity contribution in [3.05, 3.63) is 0 Å². The summed E-state index contributed by atoms with van der Waals surface area (Å²) in [6, 6.07) is 0. The predicted octanol–water partition coefficient (Wildman–Crippen LogP) is -2.73. The van der Waals surface area contributed by atoms with Crippen LogP contribution in [0.2, 0.25) is 0 Å². The summed E-state index contributed by atoms with van der Waals surface area (Å²) in [5.74, 6) is 0.0470. The Labute approximate surface area is 130 Å². The molecule has 0 heterocycles. The molecule has 0 aromatic rings. The third kappa shape index (κ3) is 6.05. The molecule has 0 aliphatic rings. The van der Waals surface area contributed by atoms with Gasteiger partial charge in [0.05, 0.1) is 25.4 Å². The summed E-state index contributed by atoms with van der Waals surface area (Å²) < 4.78 is 32.2. The SMILES string of the molecule is CC(C)CC(CO)(CO)N(CCO)CC(O)C(O)S(=O)(=O)[O-]. The second-order valence-electron chi connectivity index (χ2n) is 5.76. The van der Waals surface area contributed by atoms with Gasteiger partial charge in [-0.1, -0.05) is 13.8 Å². The van der Waals surface area contributed by atoms with Crippen LogP contribution < -0.4 is 0 Å². The van der Waals surface area contributed by atoms with Crippen LogP contribution in [0.4, 0.5) is 0 Å². The molecule has 10 heteroatoms. The maximum absolute atomic E-state index is 10.7. The average Bonchev–Trinajstić information content (AvgIpc) is 2.42. The van der Waals surface area contributed by atoms with E-state index < -0.39 is 47.0 Å². The second kappa shape index (κ2) is 9.08. The van der Waals surface area contributed by atoms with Crippen LogP contribution in [0.3, 0.4) is 0 Å². The number of hydrogen-bond donors (Lipinski definition) is 5. The molecule has 0 aromatic heterocycles. The first-order valence-electron chi connectivity index (χ1n) is 6.92. The van der Waals surface area contributed by atoms with Crippen molar-refractivity contribution in [3.63, 3.8) is 0 Å². The Morgan fingerprint density at radius 2 is 1.64 bits per heavy atom. The van der Waals surface area contributed by atoms with Gasteiger partial charge in [0.25, 0.3) is 0 Å². The van der Waals surface area contributed by atoms with Crippen LogP contribution in [0.25, 0.3) is 0 Å². The quantitative estimate of drug-likeness (QED) is 0.251. The fraction of sp³-hybridized carbons (Fsp3) is 1.00. The Hall–Kier alpha value is -0.330. The average molecular weight is 344 g/mol. The minimum atomic E-state index is -5.10. The fourth-order valence-corrected chi connectivity index (χ4v) is 2.89. The highest BCUT2D eigenvalue weighted by Gasteiger charge is 2.38. The number of aliphatic hydroxyl groups excluding tert-OH is 5. The van der Waals surface area contributed by atoms with E-state index in [0.29, 0.717) is 6.42 Å². The fourth-order valence-electron chi connectivity index (χ4n) is 2.42. The summed E-state index contributed by atoms with van der Waals surface area (Å²) in [6.07, 6.45) is -1.63. The first-order valence-corrected chi connectivity index (χ1v) is 8.39. The molecular formula is C12H26NO8S-. The molecule has 22 heavy (non-hydrogen) atoms. The molecule has 0 aromatic carbocycles. The van der Waals surface area contributed by atoms with Crippen molar-refractivity contribution in [1.82, 2.24) is 4.90 Å². The zero-order valence-electron chi connectivity index (χ0n) is 12.8. The van der Waals surface area contributed by atoms with Crippen molar-refractivity contribution in [1.29, 1.82) is 0 Å². The van der Waals surface area contributed by atoms with E-state index in [2.05, 4.69) is 0 Å². The molecule has 0 amide bonds. The lowest BCUT2D eigenvalue weighted by atomic mass is 9.88. The Bertz CT molecular complexity index is 409. The van der Waals surface area contributed by atoms with E-state index in [1.807, 2.05) is 13.8 Å². The lowest BCUT2D eigenvalue weighted by molar-refractivity contribution is -0.0633. The third-order valence-electron chi connectivity index (χ3n) is 3.45. The van der Waals surface area contributed by atoms with Crippen molar-refractivity contribution in [2.24, 2.45) is 5.92 Å². The maximum Gasteiger partial charge on any atom is 0.170 e. The number of β-amino-alcohol motifs (C(OH)–C–C–N with tert-alkyl or cyclic N) is 2. The van der Waals surface area contributed by atoms with Crippen LogP contribution in [0.1, 0.15) is 20.3 Å². The Morgan fingerprint density at radius 1 is 1.14 bits per heavy atom. The van der Waals surface area contributed by atoms with E-state index in [4.69, 9.17) is 5.11 Å². The van der Waals surface area contributed by atoms with Gasteiger partial charge in [-0.05, 0) is 12.3 Å². The van der Waals surface area contributed by atoms with Crippen molar-refractivity contribution >= 4 is 10.1 Å². The van der Waals surface area contributed by atoms with E-state index >= 15 is 0 Å². The first kappa shape index (κ1) is 21.7. The minimum Gasteiger partial charge on any atom is -0.746 e. The van der Waals surface area contributed by atoms with Gasteiger partial charge in [-0.25, -0.2) is 8.42 Å². The van der Waals surface area contributed by atoms with Crippen molar-refractivity contribution in [2.45, 2.75) is 37.3 Å². The number of rotatable bonds is 11. The topological polar surface area (TPSA) is 162 Å². The lowest BCUT2D eigenvalue weighted by Gasteiger charge is -2.44. The van der Waals surface area contributed by atoms with Gasteiger partial charge in [0, 0.05) is 13.1 Å². The van der Waals surface area contributed by atoms with E-state index in [0.717, 1.165) is 0 Å². The molecule has 0 aliphatic heterocycles. The van der Waals surface area contributed by atoms with E-state index in [-0.39, 0.29) is 19.1 Å². The van der Waals surface area contributed by atoms with Crippen LogP contribution >= 0.6 is 0 Å². The van der Waals surface area contributed by atoms with Gasteiger partial charge in [0.2, 0.25) is 0 Å². The third-order valence-corrected chi connectivity index (χ3v) is 4.36. The Balaban J connectivity index is 5.32. The molecule has 134 valence electrons. The molecule has 5 N–H and O–H groups in total. The standard InChI is InChI=1S/C12H27NO8S/c1-9(2)5-12(7-15,8-16)13(3-4-14)6-10(17)11(18)22(19,20)21/h9-11,14-18H,3-8H2,1-2H3,(H,19,20,21)/p-1. The molecule has 0 rings (SSSR count). The summed E-state index contributed by atoms with van der Waals surface area (Å²) >= 11 is 0. The van der Waals surface area contributed by atoms with Crippen LogP contribution in [-0.4, -0.2) is 93.4 Å². The molecule has 0 saturated heterocycles. The number of hydrogen-bond acceptors (Lipinski definition) is 9. The highest BCUT2D eigenvalue weighted by atomic mass is 32.2. The molecule has 0 saturated carbocycles. The number of aliphatic hydroxyl groups is 5. The van der Waals surface area contributed by atoms with Gasteiger partial charge in [0.1, 0.15) is 16.2 Å². The van der Waals surface area contributed by atoms with E-state index in [1.54, 1.807) is 0 Å². The molecule has 9 nitrogen and oxygen atoms in total. The lowest BCUT2D eigenvalue weighted by Crippen LogP contribution is -2.59. The predicted molar refractivity (Wildman–Crippen MR) is 76.7 cm³/mol. The van der Waals surface area contributed by atoms with Gasteiger partial charge < -0.3 is 30.1 Å². The smallest absolute Gasteiger partial charge is 0.170 e. The monoisotopic (exact) mass is 344 g/mol. The molecule has 0 bridgehead atoms. The summed E-state index contributed by atoms with van der Waals surface area (Å²) in [7, 11) is -5.10. The van der Waals surface area contributed by atoms with Crippen molar-refractivity contribution in [3.8, 4) is 0 Å². The van der Waals surface area contributed by atoms with Crippen LogP contribution in [-0.2, 0) is 10.1 Å². The van der Waals surface area contributed by atoms with E-state index in [1.165, 1.54) is 4.90 Å². The number of nitrogens with zero attached hydrogens (tertiary/aromatic N) is 1. The molecule has 0 fully saturated rings. The van der Waals surface area contributed by atoms with Gasteiger partial charge >= 0.3 is 0 Å². The van der Waals surface area contributed by atoms with Crippen LogP contribution in [0.5, 0.6) is 0 Å². The summed E-state index contributed by atoms with van der Waals surface area (Å²) in [6.45, 7) is 1.69. The normalized spacial score (nSPS) is 16.3. The highest BCUT2D eigenvalue weighted by molar-refractivity contribution is 7.86. The molecule has 2 atom stereocenters. The van der Waals surface area contributed by atoms with Gasteiger partial charge in [0.15, 0.2) is 5.44 Å². The zero-order chi connectivity index (χ0) is 17.6. The minimum absolute atomic E-state index is 0.0470. The molecule has 2 unspecified atom stereocenters. The Kier molecular flexibility index (Phi) is 8.95. The molecule has 0 aliphatic carbocycles. The van der Waals surface area contributed by atoms with E-state index in [9.17, 15) is 33.4 Å².